The lowest BCUT2D eigenvalue weighted by Gasteiger charge is -2.32. The summed E-state index contributed by atoms with van der Waals surface area (Å²) >= 11 is 0. The van der Waals surface area contributed by atoms with Gasteiger partial charge in [0, 0.05) is 51.9 Å². The Hall–Kier alpha value is -0.830. The molecule has 2 atom stereocenters. The lowest BCUT2D eigenvalue weighted by molar-refractivity contribution is 0.191. The summed E-state index contributed by atoms with van der Waals surface area (Å²) in [7, 11) is 3.89. The standard InChI is InChI=1S/C19H34N6.HI/c1-15(2)18(24-8-5-6-9-24)12-21-19(20-3)25-10-7-16(14-25)17-11-22-23(4)13-17;/h11,13,15-16,18H,5-10,12,14H2,1-4H3,(H,20,21);1H. The summed E-state index contributed by atoms with van der Waals surface area (Å²) in [6, 6.07) is 0.593. The normalized spacial score (nSPS) is 22.7. The largest absolute Gasteiger partial charge is 0.355 e. The van der Waals surface area contributed by atoms with Crippen molar-refractivity contribution >= 4 is 29.9 Å². The van der Waals surface area contributed by atoms with Gasteiger partial charge in [-0.05, 0) is 43.8 Å². The Balaban J connectivity index is 0.00000243. The molecule has 2 fully saturated rings. The van der Waals surface area contributed by atoms with Crippen molar-refractivity contribution in [2.45, 2.75) is 45.1 Å². The third kappa shape index (κ3) is 5.12. The van der Waals surface area contributed by atoms with Gasteiger partial charge in [0.1, 0.15) is 0 Å². The first-order chi connectivity index (χ1) is 12.1. The summed E-state index contributed by atoms with van der Waals surface area (Å²) in [5.74, 6) is 2.27. The number of aromatic nitrogens is 2. The Morgan fingerprint density at radius 1 is 1.31 bits per heavy atom. The third-order valence-electron chi connectivity index (χ3n) is 5.74. The van der Waals surface area contributed by atoms with Crippen LogP contribution in [0, 0.1) is 5.92 Å². The number of guanidine groups is 1. The Morgan fingerprint density at radius 3 is 2.62 bits per heavy atom. The predicted octanol–water partition coefficient (Wildman–Crippen LogP) is 2.52. The van der Waals surface area contributed by atoms with Gasteiger partial charge in [-0.3, -0.25) is 14.6 Å². The molecular weight excluding hydrogens is 439 g/mol. The second kappa shape index (κ2) is 9.92. The number of aryl methyl sites for hydroxylation is 1. The van der Waals surface area contributed by atoms with Crippen LogP contribution >= 0.6 is 24.0 Å². The van der Waals surface area contributed by atoms with Gasteiger partial charge >= 0.3 is 0 Å². The monoisotopic (exact) mass is 474 g/mol. The van der Waals surface area contributed by atoms with Crippen LogP contribution in [0.1, 0.15) is 44.6 Å². The van der Waals surface area contributed by atoms with Crippen LogP contribution in [0.3, 0.4) is 0 Å². The zero-order valence-electron chi connectivity index (χ0n) is 16.7. The Labute approximate surface area is 175 Å². The highest BCUT2D eigenvalue weighted by atomic mass is 127. The third-order valence-corrected chi connectivity index (χ3v) is 5.74. The number of aliphatic imine (C=N–C) groups is 1. The fraction of sp³-hybridized carbons (Fsp3) is 0.789. The van der Waals surface area contributed by atoms with Crippen LogP contribution in [0.4, 0.5) is 0 Å². The molecule has 0 aliphatic carbocycles. The van der Waals surface area contributed by atoms with Crippen molar-refractivity contribution in [3.05, 3.63) is 18.0 Å². The lowest BCUT2D eigenvalue weighted by atomic mass is 10.0. The van der Waals surface area contributed by atoms with Crippen LogP contribution in [0.25, 0.3) is 0 Å². The molecule has 0 amide bonds. The van der Waals surface area contributed by atoms with E-state index in [2.05, 4.69) is 45.3 Å². The molecule has 6 nitrogen and oxygen atoms in total. The van der Waals surface area contributed by atoms with Gasteiger partial charge in [-0.2, -0.15) is 5.10 Å². The number of hydrogen-bond acceptors (Lipinski definition) is 3. The number of nitrogens with one attached hydrogen (secondary N) is 1. The molecule has 0 radical (unpaired) electrons. The highest BCUT2D eigenvalue weighted by molar-refractivity contribution is 14.0. The zero-order chi connectivity index (χ0) is 17.8. The second-order valence-electron chi connectivity index (χ2n) is 7.86. The Bertz CT molecular complexity index is 578. The minimum Gasteiger partial charge on any atom is -0.355 e. The van der Waals surface area contributed by atoms with Gasteiger partial charge in [-0.1, -0.05) is 13.8 Å². The Morgan fingerprint density at radius 2 is 2.04 bits per heavy atom. The van der Waals surface area contributed by atoms with Crippen molar-refractivity contribution in [1.82, 2.24) is 24.9 Å². The molecule has 1 aromatic rings. The summed E-state index contributed by atoms with van der Waals surface area (Å²) in [6.45, 7) is 10.2. The summed E-state index contributed by atoms with van der Waals surface area (Å²) in [5, 5.41) is 7.98. The van der Waals surface area contributed by atoms with Gasteiger partial charge in [-0.25, -0.2) is 0 Å². The van der Waals surface area contributed by atoms with Crippen molar-refractivity contribution < 1.29 is 0 Å². The second-order valence-corrected chi connectivity index (χ2v) is 7.86. The predicted molar refractivity (Wildman–Crippen MR) is 118 cm³/mol. The van der Waals surface area contributed by atoms with Crippen LogP contribution in [0.5, 0.6) is 0 Å². The van der Waals surface area contributed by atoms with E-state index in [0.717, 1.165) is 25.6 Å². The maximum Gasteiger partial charge on any atom is 0.193 e. The molecule has 3 rings (SSSR count). The number of rotatable bonds is 5. The first-order valence-electron chi connectivity index (χ1n) is 9.76. The van der Waals surface area contributed by atoms with Crippen LogP contribution < -0.4 is 5.32 Å². The quantitative estimate of drug-likeness (QED) is 0.405. The SMILES string of the molecule is CN=C(NCC(C(C)C)N1CCCC1)N1CCC(c2cnn(C)c2)C1.I. The maximum atomic E-state index is 4.55. The molecule has 1 aromatic heterocycles. The van der Waals surface area contributed by atoms with Crippen molar-refractivity contribution in [2.24, 2.45) is 18.0 Å². The number of nitrogens with zero attached hydrogens (tertiary/aromatic N) is 5. The highest BCUT2D eigenvalue weighted by Crippen LogP contribution is 2.26. The van der Waals surface area contributed by atoms with Crippen LogP contribution in [0.15, 0.2) is 17.4 Å². The van der Waals surface area contributed by atoms with Gasteiger partial charge < -0.3 is 10.2 Å². The highest BCUT2D eigenvalue weighted by Gasteiger charge is 2.29. The fourth-order valence-corrected chi connectivity index (χ4v) is 4.26. The van der Waals surface area contributed by atoms with Gasteiger partial charge in [0.25, 0.3) is 0 Å². The van der Waals surface area contributed by atoms with Crippen molar-refractivity contribution in [3.8, 4) is 0 Å². The molecule has 2 aliphatic rings. The number of halogens is 1. The van der Waals surface area contributed by atoms with E-state index in [-0.39, 0.29) is 24.0 Å². The molecule has 2 unspecified atom stereocenters. The maximum absolute atomic E-state index is 4.55. The molecule has 0 spiro atoms. The van der Waals surface area contributed by atoms with E-state index in [0.29, 0.717) is 17.9 Å². The number of likely N-dealkylation sites (tertiary alicyclic amines) is 2. The van der Waals surface area contributed by atoms with Gasteiger partial charge in [0.15, 0.2) is 5.96 Å². The first kappa shape index (κ1) is 21.5. The summed E-state index contributed by atoms with van der Waals surface area (Å²) in [4.78, 5) is 9.60. The van der Waals surface area contributed by atoms with E-state index in [1.165, 1.54) is 37.9 Å². The lowest BCUT2D eigenvalue weighted by Crippen LogP contribution is -2.49. The van der Waals surface area contributed by atoms with Crippen LogP contribution in [-0.2, 0) is 7.05 Å². The average molecular weight is 474 g/mol. The van der Waals surface area contributed by atoms with Crippen LogP contribution in [0.2, 0.25) is 0 Å². The topological polar surface area (TPSA) is 48.7 Å². The molecule has 7 heteroatoms. The summed E-state index contributed by atoms with van der Waals surface area (Å²) < 4.78 is 1.90. The van der Waals surface area contributed by atoms with Crippen LogP contribution in [-0.4, -0.2) is 71.4 Å². The van der Waals surface area contributed by atoms with Crippen molar-refractivity contribution in [3.63, 3.8) is 0 Å². The minimum atomic E-state index is 0. The fourth-order valence-electron chi connectivity index (χ4n) is 4.26. The minimum absolute atomic E-state index is 0. The molecule has 1 N–H and O–H groups in total. The molecule has 148 valence electrons. The van der Waals surface area contributed by atoms with E-state index in [4.69, 9.17) is 0 Å². The van der Waals surface area contributed by atoms with E-state index in [1.54, 1.807) is 0 Å². The summed E-state index contributed by atoms with van der Waals surface area (Å²) in [6.07, 6.45) is 8.01. The van der Waals surface area contributed by atoms with E-state index in [9.17, 15) is 0 Å². The molecule has 3 heterocycles. The molecular formula is C19H35IN6. The van der Waals surface area contributed by atoms with Gasteiger partial charge in [0.05, 0.1) is 6.20 Å². The van der Waals surface area contributed by atoms with E-state index in [1.807, 2.05) is 25.0 Å². The molecule has 0 aromatic carbocycles. The smallest absolute Gasteiger partial charge is 0.193 e. The Kier molecular flexibility index (Phi) is 8.19. The van der Waals surface area contributed by atoms with Crippen molar-refractivity contribution in [2.75, 3.05) is 39.8 Å². The summed E-state index contributed by atoms with van der Waals surface area (Å²) in [5.41, 5.74) is 1.34. The van der Waals surface area contributed by atoms with Gasteiger partial charge in [-0.15, -0.1) is 24.0 Å². The molecule has 2 aliphatic heterocycles. The molecule has 0 bridgehead atoms. The molecule has 0 saturated carbocycles. The average Bonchev–Trinajstić information content (AvgIpc) is 3.32. The first-order valence-corrected chi connectivity index (χ1v) is 9.76. The van der Waals surface area contributed by atoms with Gasteiger partial charge in [0.2, 0.25) is 0 Å². The molecule has 26 heavy (non-hydrogen) atoms. The zero-order valence-corrected chi connectivity index (χ0v) is 19.0. The van der Waals surface area contributed by atoms with Crippen molar-refractivity contribution in [1.29, 1.82) is 0 Å². The molecule has 2 saturated heterocycles. The van der Waals surface area contributed by atoms with E-state index >= 15 is 0 Å². The number of hydrogen-bond donors (Lipinski definition) is 1. The van der Waals surface area contributed by atoms with E-state index < -0.39 is 0 Å².